The minimum atomic E-state index is -0.637. The minimum absolute atomic E-state index is 0.0757. The standard InChI is InChI=1S/C28H33NO3/c1-21(32-24-18-16-23(17-19-24)28(2,3)4)27(30)29-25-14-8-9-15-26(25)31-20-10-13-22-11-6-5-7-12-22/h5-9,11-12,14-19,21H,10,13,20H2,1-4H3,(H,29,30). The Balaban J connectivity index is 1.53. The van der Waals surface area contributed by atoms with E-state index in [1.165, 1.54) is 11.1 Å². The first kappa shape index (κ1) is 23.4. The van der Waals surface area contributed by atoms with Gasteiger partial charge >= 0.3 is 0 Å². The molecule has 0 aliphatic rings. The van der Waals surface area contributed by atoms with E-state index in [2.05, 4.69) is 38.2 Å². The Hall–Kier alpha value is -3.27. The fourth-order valence-corrected chi connectivity index (χ4v) is 3.32. The Kier molecular flexibility index (Phi) is 7.93. The molecule has 0 saturated carbocycles. The second-order valence-electron chi connectivity index (χ2n) is 8.96. The van der Waals surface area contributed by atoms with Gasteiger partial charge in [0.25, 0.3) is 5.91 Å². The van der Waals surface area contributed by atoms with E-state index in [1.807, 2.05) is 66.7 Å². The molecule has 3 aromatic rings. The Morgan fingerprint density at radius 1 is 0.906 bits per heavy atom. The molecule has 0 aliphatic carbocycles. The molecule has 0 aliphatic heterocycles. The lowest BCUT2D eigenvalue weighted by Crippen LogP contribution is -2.30. The lowest BCUT2D eigenvalue weighted by atomic mass is 9.87. The van der Waals surface area contributed by atoms with Gasteiger partial charge in [-0.3, -0.25) is 4.79 Å². The molecular weight excluding hydrogens is 398 g/mol. The van der Waals surface area contributed by atoms with Crippen LogP contribution in [0.3, 0.4) is 0 Å². The highest BCUT2D eigenvalue weighted by Gasteiger charge is 2.18. The van der Waals surface area contributed by atoms with Crippen molar-refractivity contribution in [3.8, 4) is 11.5 Å². The first-order valence-corrected chi connectivity index (χ1v) is 11.2. The molecule has 0 fully saturated rings. The third-order valence-corrected chi connectivity index (χ3v) is 5.26. The van der Waals surface area contributed by atoms with E-state index in [1.54, 1.807) is 6.92 Å². The molecule has 1 amide bonds. The predicted octanol–water partition coefficient (Wildman–Crippen LogP) is 6.40. The molecule has 0 bridgehead atoms. The fourth-order valence-electron chi connectivity index (χ4n) is 3.32. The molecule has 1 atom stereocenters. The normalized spacial score (nSPS) is 12.1. The van der Waals surface area contributed by atoms with Gasteiger partial charge in [0, 0.05) is 0 Å². The summed E-state index contributed by atoms with van der Waals surface area (Å²) in [6.07, 6.45) is 1.21. The number of ether oxygens (including phenoxy) is 2. The number of anilines is 1. The monoisotopic (exact) mass is 431 g/mol. The summed E-state index contributed by atoms with van der Waals surface area (Å²) < 4.78 is 11.8. The minimum Gasteiger partial charge on any atom is -0.491 e. The Labute approximate surface area is 191 Å². The van der Waals surface area contributed by atoms with Crippen LogP contribution in [-0.2, 0) is 16.6 Å². The van der Waals surface area contributed by atoms with Gasteiger partial charge in [-0.1, -0.05) is 75.4 Å². The molecule has 1 N–H and O–H groups in total. The van der Waals surface area contributed by atoms with Crippen LogP contribution in [0.15, 0.2) is 78.9 Å². The van der Waals surface area contributed by atoms with E-state index in [0.29, 0.717) is 23.8 Å². The van der Waals surface area contributed by atoms with Crippen molar-refractivity contribution in [2.45, 2.75) is 52.1 Å². The Morgan fingerprint density at radius 3 is 2.25 bits per heavy atom. The third kappa shape index (κ3) is 6.88. The van der Waals surface area contributed by atoms with Crippen molar-refractivity contribution in [1.29, 1.82) is 0 Å². The number of hydrogen-bond donors (Lipinski definition) is 1. The number of para-hydroxylation sites is 2. The molecule has 1 unspecified atom stereocenters. The maximum Gasteiger partial charge on any atom is 0.265 e. The average Bonchev–Trinajstić information content (AvgIpc) is 2.78. The number of hydrogen-bond acceptors (Lipinski definition) is 3. The summed E-state index contributed by atoms with van der Waals surface area (Å²) in [6.45, 7) is 8.82. The Morgan fingerprint density at radius 2 is 1.56 bits per heavy atom. The summed E-state index contributed by atoms with van der Waals surface area (Å²) in [5.74, 6) is 1.12. The van der Waals surface area contributed by atoms with Gasteiger partial charge in [-0.2, -0.15) is 0 Å². The van der Waals surface area contributed by atoms with E-state index in [4.69, 9.17) is 9.47 Å². The maximum absolute atomic E-state index is 12.7. The summed E-state index contributed by atoms with van der Waals surface area (Å²) >= 11 is 0. The topological polar surface area (TPSA) is 47.6 Å². The number of benzene rings is 3. The molecule has 3 aromatic carbocycles. The van der Waals surface area contributed by atoms with Crippen molar-refractivity contribution < 1.29 is 14.3 Å². The SMILES string of the molecule is CC(Oc1ccc(C(C)(C)C)cc1)C(=O)Nc1ccccc1OCCCc1ccccc1. The van der Waals surface area contributed by atoms with Gasteiger partial charge in [-0.05, 0) is 60.6 Å². The highest BCUT2D eigenvalue weighted by Crippen LogP contribution is 2.26. The molecule has 0 aromatic heterocycles. The average molecular weight is 432 g/mol. The van der Waals surface area contributed by atoms with Gasteiger partial charge in [0.2, 0.25) is 0 Å². The number of rotatable bonds is 9. The van der Waals surface area contributed by atoms with Crippen LogP contribution >= 0.6 is 0 Å². The zero-order valence-electron chi connectivity index (χ0n) is 19.4. The van der Waals surface area contributed by atoms with Gasteiger partial charge in [0.05, 0.1) is 12.3 Å². The van der Waals surface area contributed by atoms with Crippen LogP contribution in [0.1, 0.15) is 45.2 Å². The largest absolute Gasteiger partial charge is 0.491 e. The molecule has 0 radical (unpaired) electrons. The molecule has 0 spiro atoms. The summed E-state index contributed by atoms with van der Waals surface area (Å²) in [7, 11) is 0. The number of carbonyl (C=O) groups excluding carboxylic acids is 1. The number of amides is 1. The third-order valence-electron chi connectivity index (χ3n) is 5.26. The first-order chi connectivity index (χ1) is 15.3. The summed E-state index contributed by atoms with van der Waals surface area (Å²) in [5, 5.41) is 2.94. The first-order valence-electron chi connectivity index (χ1n) is 11.2. The quantitative estimate of drug-likeness (QED) is 0.399. The van der Waals surface area contributed by atoms with Crippen molar-refractivity contribution in [3.05, 3.63) is 90.0 Å². The van der Waals surface area contributed by atoms with E-state index in [-0.39, 0.29) is 11.3 Å². The van der Waals surface area contributed by atoms with E-state index >= 15 is 0 Å². The smallest absolute Gasteiger partial charge is 0.265 e. The zero-order chi connectivity index (χ0) is 23.0. The second kappa shape index (κ2) is 10.9. The molecule has 0 saturated heterocycles. The van der Waals surface area contributed by atoms with Gasteiger partial charge in [-0.15, -0.1) is 0 Å². The van der Waals surface area contributed by atoms with Crippen molar-refractivity contribution >= 4 is 11.6 Å². The van der Waals surface area contributed by atoms with E-state index in [9.17, 15) is 4.79 Å². The fraction of sp³-hybridized carbons (Fsp3) is 0.321. The highest BCUT2D eigenvalue weighted by atomic mass is 16.5. The number of nitrogens with one attached hydrogen (secondary N) is 1. The molecule has 0 heterocycles. The van der Waals surface area contributed by atoms with Crippen LogP contribution < -0.4 is 14.8 Å². The summed E-state index contributed by atoms with van der Waals surface area (Å²) in [5.41, 5.74) is 3.24. The van der Waals surface area contributed by atoms with Gasteiger partial charge in [-0.25, -0.2) is 0 Å². The number of carbonyl (C=O) groups is 1. The maximum atomic E-state index is 12.7. The van der Waals surface area contributed by atoms with Crippen LogP contribution in [-0.4, -0.2) is 18.6 Å². The van der Waals surface area contributed by atoms with Crippen molar-refractivity contribution in [3.63, 3.8) is 0 Å². The molecule has 4 heteroatoms. The molecule has 32 heavy (non-hydrogen) atoms. The van der Waals surface area contributed by atoms with Gasteiger partial charge in [0.15, 0.2) is 6.10 Å². The molecule has 4 nitrogen and oxygen atoms in total. The van der Waals surface area contributed by atoms with Crippen molar-refractivity contribution in [1.82, 2.24) is 0 Å². The van der Waals surface area contributed by atoms with Gasteiger partial charge in [0.1, 0.15) is 11.5 Å². The zero-order valence-corrected chi connectivity index (χ0v) is 19.4. The molecular formula is C28H33NO3. The van der Waals surface area contributed by atoms with Crippen molar-refractivity contribution in [2.24, 2.45) is 0 Å². The van der Waals surface area contributed by atoms with E-state index in [0.717, 1.165) is 12.8 Å². The van der Waals surface area contributed by atoms with Gasteiger partial charge < -0.3 is 14.8 Å². The molecule has 3 rings (SSSR count). The Bertz CT molecular complexity index is 991. The molecule has 168 valence electrons. The van der Waals surface area contributed by atoms with Crippen LogP contribution in [0.25, 0.3) is 0 Å². The highest BCUT2D eigenvalue weighted by molar-refractivity contribution is 5.95. The lowest BCUT2D eigenvalue weighted by molar-refractivity contribution is -0.122. The van der Waals surface area contributed by atoms with Crippen LogP contribution in [0.5, 0.6) is 11.5 Å². The summed E-state index contributed by atoms with van der Waals surface area (Å²) in [4.78, 5) is 12.7. The second-order valence-corrected chi connectivity index (χ2v) is 8.96. The van der Waals surface area contributed by atoms with Crippen LogP contribution in [0, 0.1) is 0 Å². The summed E-state index contributed by atoms with van der Waals surface area (Å²) in [6, 6.07) is 25.7. The number of aryl methyl sites for hydroxylation is 1. The lowest BCUT2D eigenvalue weighted by Gasteiger charge is -2.20. The predicted molar refractivity (Wildman–Crippen MR) is 131 cm³/mol. The van der Waals surface area contributed by atoms with E-state index < -0.39 is 6.10 Å². The van der Waals surface area contributed by atoms with Crippen LogP contribution in [0.2, 0.25) is 0 Å². The van der Waals surface area contributed by atoms with Crippen LogP contribution in [0.4, 0.5) is 5.69 Å². The van der Waals surface area contributed by atoms with Crippen molar-refractivity contribution in [2.75, 3.05) is 11.9 Å².